The zero-order valence-corrected chi connectivity index (χ0v) is 9.88. The molecule has 0 amide bonds. The summed E-state index contributed by atoms with van der Waals surface area (Å²) in [6.45, 7) is 1.69. The Bertz CT molecular complexity index is 315. The van der Waals surface area contributed by atoms with Crippen LogP contribution in [0.2, 0.25) is 0 Å². The smallest absolute Gasteiger partial charge is 0.151 e. The molecular weight excluding hydrogens is 212 g/mol. The lowest BCUT2D eigenvalue weighted by Crippen LogP contribution is -2.48. The standard InChI is InChI=1S/C10H20N2O2S/c11-7-9-3-1-5-12(9)10-4-2-6-15(13,14)8-10/h9-10H,1-8,11H2. The second-order valence-corrected chi connectivity index (χ2v) is 6.91. The Morgan fingerprint density at radius 2 is 2.07 bits per heavy atom. The SMILES string of the molecule is NCC1CCCN1C1CCCS(=O)(=O)C1. The van der Waals surface area contributed by atoms with Crippen LogP contribution in [0.1, 0.15) is 25.7 Å². The van der Waals surface area contributed by atoms with E-state index in [9.17, 15) is 8.42 Å². The number of rotatable bonds is 2. The molecule has 2 unspecified atom stereocenters. The summed E-state index contributed by atoms with van der Waals surface area (Å²) in [6, 6.07) is 0.656. The normalized spacial score (nSPS) is 36.9. The van der Waals surface area contributed by atoms with Crippen LogP contribution in [0.5, 0.6) is 0 Å². The van der Waals surface area contributed by atoms with Crippen molar-refractivity contribution in [3.05, 3.63) is 0 Å². The van der Waals surface area contributed by atoms with Crippen LogP contribution in [-0.4, -0.2) is 50.0 Å². The molecule has 2 rings (SSSR count). The topological polar surface area (TPSA) is 63.4 Å². The highest BCUT2D eigenvalue weighted by Gasteiger charge is 2.34. The van der Waals surface area contributed by atoms with Gasteiger partial charge in [0.15, 0.2) is 9.84 Å². The summed E-state index contributed by atoms with van der Waals surface area (Å²) in [5.41, 5.74) is 5.71. The quantitative estimate of drug-likeness (QED) is 0.727. The average molecular weight is 232 g/mol. The molecule has 2 aliphatic rings. The highest BCUT2D eigenvalue weighted by Crippen LogP contribution is 2.25. The highest BCUT2D eigenvalue weighted by atomic mass is 32.2. The Morgan fingerprint density at radius 1 is 1.27 bits per heavy atom. The van der Waals surface area contributed by atoms with Gasteiger partial charge in [-0.1, -0.05) is 0 Å². The van der Waals surface area contributed by atoms with Gasteiger partial charge in [0.1, 0.15) is 0 Å². The second kappa shape index (κ2) is 4.39. The van der Waals surface area contributed by atoms with Crippen LogP contribution in [-0.2, 0) is 9.84 Å². The van der Waals surface area contributed by atoms with Crippen LogP contribution in [0.4, 0.5) is 0 Å². The van der Waals surface area contributed by atoms with Crippen LogP contribution < -0.4 is 5.73 Å². The first-order chi connectivity index (χ1) is 7.12. The van der Waals surface area contributed by atoms with Crippen LogP contribution in [0, 0.1) is 0 Å². The number of nitrogens with two attached hydrogens (primary N) is 1. The van der Waals surface area contributed by atoms with Crippen LogP contribution in [0.25, 0.3) is 0 Å². The van der Waals surface area contributed by atoms with E-state index in [0.29, 0.717) is 24.1 Å². The molecule has 0 aliphatic carbocycles. The second-order valence-electron chi connectivity index (χ2n) is 4.68. The molecule has 2 N–H and O–H groups in total. The van der Waals surface area contributed by atoms with Gasteiger partial charge in [-0.3, -0.25) is 4.90 Å². The summed E-state index contributed by atoms with van der Waals surface area (Å²) in [7, 11) is -2.78. The molecule has 2 saturated heterocycles. The molecule has 0 bridgehead atoms. The molecule has 0 aromatic heterocycles. The fourth-order valence-electron chi connectivity index (χ4n) is 2.85. The zero-order chi connectivity index (χ0) is 10.9. The predicted octanol–water partition coefficient (Wildman–Crippen LogP) is -0.0133. The summed E-state index contributed by atoms with van der Waals surface area (Å²) < 4.78 is 23.1. The van der Waals surface area contributed by atoms with Crippen molar-refractivity contribution < 1.29 is 8.42 Å². The number of hydrogen-bond acceptors (Lipinski definition) is 4. The molecular formula is C10H20N2O2S. The first-order valence-corrected chi connectivity index (χ1v) is 7.61. The van der Waals surface area contributed by atoms with Gasteiger partial charge >= 0.3 is 0 Å². The molecule has 0 saturated carbocycles. The monoisotopic (exact) mass is 232 g/mol. The van der Waals surface area contributed by atoms with Crippen LogP contribution in [0.15, 0.2) is 0 Å². The molecule has 88 valence electrons. The lowest BCUT2D eigenvalue weighted by Gasteiger charge is -2.34. The third-order valence-electron chi connectivity index (χ3n) is 3.60. The first-order valence-electron chi connectivity index (χ1n) is 5.78. The van der Waals surface area contributed by atoms with Gasteiger partial charge in [-0.25, -0.2) is 8.42 Å². The third kappa shape index (κ3) is 2.52. The van der Waals surface area contributed by atoms with E-state index < -0.39 is 9.84 Å². The molecule has 2 heterocycles. The predicted molar refractivity (Wildman–Crippen MR) is 60.5 cm³/mol. The highest BCUT2D eigenvalue weighted by molar-refractivity contribution is 7.91. The molecule has 0 radical (unpaired) electrons. The summed E-state index contributed by atoms with van der Waals surface area (Å²) in [6.07, 6.45) is 4.14. The molecule has 15 heavy (non-hydrogen) atoms. The van der Waals surface area contributed by atoms with Crippen molar-refractivity contribution in [3.8, 4) is 0 Å². The third-order valence-corrected chi connectivity index (χ3v) is 5.41. The zero-order valence-electron chi connectivity index (χ0n) is 9.06. The van der Waals surface area contributed by atoms with Gasteiger partial charge in [-0.05, 0) is 32.2 Å². The molecule has 0 aromatic carbocycles. The van der Waals surface area contributed by atoms with Crippen molar-refractivity contribution in [2.75, 3.05) is 24.6 Å². The average Bonchev–Trinajstić information content (AvgIpc) is 2.63. The van der Waals surface area contributed by atoms with E-state index in [1.54, 1.807) is 0 Å². The van der Waals surface area contributed by atoms with Crippen molar-refractivity contribution in [2.45, 2.75) is 37.8 Å². The van der Waals surface area contributed by atoms with Crippen molar-refractivity contribution >= 4 is 9.84 Å². The van der Waals surface area contributed by atoms with Gasteiger partial charge in [0.25, 0.3) is 0 Å². The van der Waals surface area contributed by atoms with Crippen LogP contribution >= 0.6 is 0 Å². The van der Waals surface area contributed by atoms with Crippen molar-refractivity contribution in [1.29, 1.82) is 0 Å². The summed E-state index contributed by atoms with van der Waals surface area (Å²) in [4.78, 5) is 2.33. The van der Waals surface area contributed by atoms with E-state index in [1.165, 1.54) is 6.42 Å². The van der Waals surface area contributed by atoms with E-state index in [-0.39, 0.29) is 6.04 Å². The molecule has 4 nitrogen and oxygen atoms in total. The summed E-state index contributed by atoms with van der Waals surface area (Å²) in [5, 5.41) is 0. The summed E-state index contributed by atoms with van der Waals surface area (Å²) in [5.74, 6) is 0.730. The molecule has 5 heteroatoms. The number of hydrogen-bond donors (Lipinski definition) is 1. The van der Waals surface area contributed by atoms with Crippen molar-refractivity contribution in [3.63, 3.8) is 0 Å². The minimum absolute atomic E-state index is 0.236. The Hall–Kier alpha value is -0.130. The maximum Gasteiger partial charge on any atom is 0.151 e. The van der Waals surface area contributed by atoms with E-state index in [2.05, 4.69) is 4.90 Å². The Morgan fingerprint density at radius 3 is 2.73 bits per heavy atom. The Balaban J connectivity index is 2.03. The van der Waals surface area contributed by atoms with E-state index in [1.807, 2.05) is 0 Å². The number of nitrogens with zero attached hydrogens (tertiary/aromatic N) is 1. The fourth-order valence-corrected chi connectivity index (χ4v) is 4.57. The minimum Gasteiger partial charge on any atom is -0.329 e. The van der Waals surface area contributed by atoms with Crippen LogP contribution in [0.3, 0.4) is 0 Å². The molecule has 0 aromatic rings. The largest absolute Gasteiger partial charge is 0.329 e. The molecule has 2 fully saturated rings. The van der Waals surface area contributed by atoms with Gasteiger partial charge in [0.2, 0.25) is 0 Å². The Kier molecular flexibility index (Phi) is 3.33. The van der Waals surface area contributed by atoms with Crippen molar-refractivity contribution in [1.82, 2.24) is 4.90 Å². The molecule has 2 aliphatic heterocycles. The van der Waals surface area contributed by atoms with Gasteiger partial charge < -0.3 is 5.73 Å². The Labute approximate surface area is 91.7 Å². The first kappa shape index (κ1) is 11.4. The maximum atomic E-state index is 11.6. The van der Waals surface area contributed by atoms with Gasteiger partial charge in [0, 0.05) is 18.6 Å². The van der Waals surface area contributed by atoms with E-state index in [0.717, 1.165) is 25.8 Å². The van der Waals surface area contributed by atoms with Crippen molar-refractivity contribution in [2.24, 2.45) is 5.73 Å². The lowest BCUT2D eigenvalue weighted by molar-refractivity contribution is 0.184. The molecule has 0 spiro atoms. The van der Waals surface area contributed by atoms with E-state index in [4.69, 9.17) is 5.73 Å². The minimum atomic E-state index is -2.78. The van der Waals surface area contributed by atoms with Gasteiger partial charge in [-0.15, -0.1) is 0 Å². The maximum absolute atomic E-state index is 11.6. The molecule has 2 atom stereocenters. The van der Waals surface area contributed by atoms with Gasteiger partial charge in [-0.2, -0.15) is 0 Å². The lowest BCUT2D eigenvalue weighted by atomic mass is 10.1. The number of sulfone groups is 1. The number of likely N-dealkylation sites (tertiary alicyclic amines) is 1. The fraction of sp³-hybridized carbons (Fsp3) is 1.00. The van der Waals surface area contributed by atoms with E-state index >= 15 is 0 Å². The summed E-state index contributed by atoms with van der Waals surface area (Å²) >= 11 is 0. The van der Waals surface area contributed by atoms with Gasteiger partial charge in [0.05, 0.1) is 11.5 Å².